The summed E-state index contributed by atoms with van der Waals surface area (Å²) in [7, 11) is 0. The summed E-state index contributed by atoms with van der Waals surface area (Å²) in [5.41, 5.74) is 5.41. The quantitative estimate of drug-likeness (QED) is 0.408. The van der Waals surface area contributed by atoms with Crippen LogP contribution in [0.5, 0.6) is 11.5 Å². The summed E-state index contributed by atoms with van der Waals surface area (Å²) in [4.78, 5) is 14.7. The number of fused-ring (bicyclic) bond motifs is 1. The number of rotatable bonds is 5. The number of benzene rings is 2. The number of hydrazone groups is 1. The fourth-order valence-corrected chi connectivity index (χ4v) is 3.17. The van der Waals surface area contributed by atoms with Crippen molar-refractivity contribution in [3.05, 3.63) is 63.5 Å². The van der Waals surface area contributed by atoms with Crippen molar-refractivity contribution >= 4 is 28.4 Å². The normalized spacial score (nSPS) is 12.9. The van der Waals surface area contributed by atoms with Crippen LogP contribution >= 0.6 is 11.3 Å². The number of non-ortho nitro benzene ring substituents is 1. The average Bonchev–Trinajstić information content (AvgIpc) is 3.17. The molecule has 0 atom stereocenters. The molecule has 27 heavy (non-hydrogen) atoms. The molecule has 0 unspecified atom stereocenters. The predicted octanol–water partition coefficient (Wildman–Crippen LogP) is 3.94. The second kappa shape index (κ2) is 7.42. The van der Waals surface area contributed by atoms with E-state index in [1.807, 2.05) is 23.6 Å². The maximum Gasteiger partial charge on any atom is 0.269 e. The van der Waals surface area contributed by atoms with E-state index >= 15 is 0 Å². The molecule has 2 heterocycles. The van der Waals surface area contributed by atoms with Gasteiger partial charge in [0.25, 0.3) is 5.69 Å². The molecule has 1 aliphatic heterocycles. The van der Waals surface area contributed by atoms with Gasteiger partial charge in [-0.1, -0.05) is 0 Å². The van der Waals surface area contributed by atoms with Crippen LogP contribution in [0, 0.1) is 10.1 Å². The van der Waals surface area contributed by atoms with Gasteiger partial charge in [-0.2, -0.15) is 5.10 Å². The Morgan fingerprint density at radius 1 is 1.15 bits per heavy atom. The number of thiazole rings is 1. The minimum Gasteiger partial charge on any atom is -0.486 e. The van der Waals surface area contributed by atoms with Crippen LogP contribution in [0.15, 0.2) is 52.9 Å². The number of anilines is 1. The van der Waals surface area contributed by atoms with Crippen molar-refractivity contribution in [2.75, 3.05) is 18.6 Å². The van der Waals surface area contributed by atoms with Gasteiger partial charge in [-0.05, 0) is 35.9 Å². The first-order valence-corrected chi connectivity index (χ1v) is 8.96. The Bertz CT molecular complexity index is 1000. The van der Waals surface area contributed by atoms with Gasteiger partial charge in [0.05, 0.1) is 16.8 Å². The van der Waals surface area contributed by atoms with Crippen molar-refractivity contribution in [2.24, 2.45) is 5.10 Å². The van der Waals surface area contributed by atoms with Crippen molar-refractivity contribution in [1.82, 2.24) is 4.98 Å². The van der Waals surface area contributed by atoms with E-state index in [9.17, 15) is 10.1 Å². The Morgan fingerprint density at radius 3 is 2.70 bits per heavy atom. The zero-order valence-corrected chi connectivity index (χ0v) is 14.8. The molecule has 0 saturated carbocycles. The van der Waals surface area contributed by atoms with Crippen LogP contribution in [0.2, 0.25) is 0 Å². The number of hydrogen-bond acceptors (Lipinski definition) is 8. The van der Waals surface area contributed by atoms with Crippen LogP contribution < -0.4 is 14.9 Å². The van der Waals surface area contributed by atoms with Crippen molar-refractivity contribution in [1.29, 1.82) is 0 Å². The van der Waals surface area contributed by atoms with Crippen LogP contribution in [0.25, 0.3) is 11.3 Å². The molecule has 1 aliphatic rings. The number of aromatic nitrogens is 1. The third-order valence-corrected chi connectivity index (χ3v) is 4.57. The van der Waals surface area contributed by atoms with Gasteiger partial charge in [-0.25, -0.2) is 4.98 Å². The topological polar surface area (TPSA) is 98.9 Å². The van der Waals surface area contributed by atoms with E-state index in [2.05, 4.69) is 15.5 Å². The average molecular weight is 382 g/mol. The first kappa shape index (κ1) is 17.0. The summed E-state index contributed by atoms with van der Waals surface area (Å²) in [5, 5.41) is 17.3. The number of nitrogens with zero attached hydrogens (tertiary/aromatic N) is 3. The zero-order chi connectivity index (χ0) is 18.6. The number of nitrogens with one attached hydrogen (secondary N) is 1. The summed E-state index contributed by atoms with van der Waals surface area (Å²) in [6, 6.07) is 11.9. The van der Waals surface area contributed by atoms with Gasteiger partial charge in [-0.3, -0.25) is 15.5 Å². The highest BCUT2D eigenvalue weighted by Crippen LogP contribution is 2.35. The monoisotopic (exact) mass is 382 g/mol. The molecule has 0 spiro atoms. The standard InChI is InChI=1S/C18H14N4O4S/c23-22(24)14-4-1-12(2-5-14)10-19-21-18-20-15(11-27-18)13-3-6-16-17(9-13)26-8-7-25-16/h1-6,9-11H,7-8H2,(H,20,21)/b19-10-. The highest BCUT2D eigenvalue weighted by atomic mass is 32.1. The molecule has 3 aromatic rings. The van der Waals surface area contributed by atoms with Crippen molar-refractivity contribution in [3.8, 4) is 22.8 Å². The summed E-state index contributed by atoms with van der Waals surface area (Å²) in [5.74, 6) is 1.46. The van der Waals surface area contributed by atoms with Crippen molar-refractivity contribution in [3.63, 3.8) is 0 Å². The lowest BCUT2D eigenvalue weighted by molar-refractivity contribution is -0.384. The molecule has 9 heteroatoms. The minimum absolute atomic E-state index is 0.0455. The Labute approximate surface area is 158 Å². The van der Waals surface area contributed by atoms with Gasteiger partial charge >= 0.3 is 0 Å². The smallest absolute Gasteiger partial charge is 0.269 e. The highest BCUT2D eigenvalue weighted by molar-refractivity contribution is 7.14. The van der Waals surface area contributed by atoms with Gasteiger partial charge < -0.3 is 9.47 Å². The molecule has 2 aromatic carbocycles. The lowest BCUT2D eigenvalue weighted by atomic mass is 10.1. The van der Waals surface area contributed by atoms with Crippen molar-refractivity contribution < 1.29 is 14.4 Å². The Balaban J connectivity index is 1.43. The van der Waals surface area contributed by atoms with E-state index in [4.69, 9.17) is 9.47 Å². The largest absolute Gasteiger partial charge is 0.486 e. The van der Waals surface area contributed by atoms with Crippen LogP contribution in [0.1, 0.15) is 5.56 Å². The lowest BCUT2D eigenvalue weighted by Crippen LogP contribution is -2.15. The Morgan fingerprint density at radius 2 is 1.93 bits per heavy atom. The number of nitro benzene ring substituents is 1. The fraction of sp³-hybridized carbons (Fsp3) is 0.111. The molecule has 1 N–H and O–H groups in total. The van der Waals surface area contributed by atoms with Gasteiger partial charge in [0, 0.05) is 23.1 Å². The first-order chi connectivity index (χ1) is 13.2. The van der Waals surface area contributed by atoms with Crippen LogP contribution in [0.3, 0.4) is 0 Å². The molecule has 0 radical (unpaired) electrons. The molecule has 1 aromatic heterocycles. The molecular formula is C18H14N4O4S. The second-order valence-corrected chi connectivity index (χ2v) is 6.47. The molecular weight excluding hydrogens is 368 g/mol. The van der Waals surface area contributed by atoms with E-state index in [0.717, 1.165) is 28.3 Å². The van der Waals surface area contributed by atoms with E-state index in [1.165, 1.54) is 23.5 Å². The molecule has 0 bridgehead atoms. The maximum absolute atomic E-state index is 10.6. The Hall–Kier alpha value is -3.46. The fourth-order valence-electron chi connectivity index (χ4n) is 2.50. The maximum atomic E-state index is 10.6. The van der Waals surface area contributed by atoms with E-state index in [0.29, 0.717) is 18.3 Å². The number of hydrogen-bond donors (Lipinski definition) is 1. The Kier molecular flexibility index (Phi) is 4.67. The van der Waals surface area contributed by atoms with E-state index in [-0.39, 0.29) is 5.69 Å². The van der Waals surface area contributed by atoms with Gasteiger partial charge in [0.1, 0.15) is 13.2 Å². The molecule has 136 valence electrons. The molecule has 8 nitrogen and oxygen atoms in total. The number of ether oxygens (including phenoxy) is 2. The lowest BCUT2D eigenvalue weighted by Gasteiger charge is -2.18. The number of nitro groups is 1. The third kappa shape index (κ3) is 3.87. The molecule has 0 amide bonds. The SMILES string of the molecule is O=[N+]([O-])c1ccc(/C=N\Nc2nc(-c3ccc4c(c3)OCCO4)cs2)cc1. The summed E-state index contributed by atoms with van der Waals surface area (Å²) in [6.07, 6.45) is 1.58. The molecule has 0 aliphatic carbocycles. The second-order valence-electron chi connectivity index (χ2n) is 5.61. The van der Waals surface area contributed by atoms with Gasteiger partial charge in [0.2, 0.25) is 5.13 Å². The predicted molar refractivity (Wildman–Crippen MR) is 103 cm³/mol. The summed E-state index contributed by atoms with van der Waals surface area (Å²) >= 11 is 1.43. The van der Waals surface area contributed by atoms with Crippen LogP contribution in [0.4, 0.5) is 10.8 Å². The van der Waals surface area contributed by atoms with Crippen LogP contribution in [-0.2, 0) is 0 Å². The highest BCUT2D eigenvalue weighted by Gasteiger charge is 2.13. The molecule has 0 fully saturated rings. The van der Waals surface area contributed by atoms with Crippen molar-refractivity contribution in [2.45, 2.75) is 0 Å². The van der Waals surface area contributed by atoms with E-state index in [1.54, 1.807) is 18.3 Å². The molecule has 4 rings (SSSR count). The zero-order valence-electron chi connectivity index (χ0n) is 14.0. The summed E-state index contributed by atoms with van der Waals surface area (Å²) < 4.78 is 11.1. The van der Waals surface area contributed by atoms with Crippen LogP contribution in [-0.4, -0.2) is 29.3 Å². The third-order valence-electron chi connectivity index (χ3n) is 3.82. The molecule has 0 saturated heterocycles. The first-order valence-electron chi connectivity index (χ1n) is 8.08. The van der Waals surface area contributed by atoms with E-state index < -0.39 is 4.92 Å². The minimum atomic E-state index is -0.436. The summed E-state index contributed by atoms with van der Waals surface area (Å²) in [6.45, 7) is 1.10. The van der Waals surface area contributed by atoms with Gasteiger partial charge in [-0.15, -0.1) is 11.3 Å². The van der Waals surface area contributed by atoms with Gasteiger partial charge in [0.15, 0.2) is 11.5 Å².